The van der Waals surface area contributed by atoms with E-state index in [2.05, 4.69) is 5.92 Å². The summed E-state index contributed by atoms with van der Waals surface area (Å²) in [4.78, 5) is 0.266. The van der Waals surface area contributed by atoms with Gasteiger partial charge in [-0.1, -0.05) is 43.2 Å². The molecule has 5 aromatic rings. The summed E-state index contributed by atoms with van der Waals surface area (Å²) in [6.45, 7) is 9.05. The van der Waals surface area contributed by atoms with Gasteiger partial charge in [0.25, 0.3) is 0 Å². The first-order valence-corrected chi connectivity index (χ1v) is 15.7. The number of terminal acetylenes is 1. The van der Waals surface area contributed by atoms with Crippen molar-refractivity contribution in [2.24, 2.45) is 0 Å². The molecule has 45 heavy (non-hydrogen) atoms. The molecule has 0 fully saturated rings. The first kappa shape index (κ1) is 32.1. The van der Waals surface area contributed by atoms with Gasteiger partial charge in [-0.05, 0) is 104 Å². The number of nitrogens with zero attached hydrogens (tertiary/aromatic N) is 1. The average Bonchev–Trinajstić information content (AvgIpc) is 3.44. The van der Waals surface area contributed by atoms with Crippen LogP contribution in [0.4, 0.5) is 22.0 Å². The van der Waals surface area contributed by atoms with Gasteiger partial charge in [0.2, 0.25) is 0 Å². The quantitative estimate of drug-likeness (QED) is 0.103. The summed E-state index contributed by atoms with van der Waals surface area (Å²) in [7, 11) is 0. The fourth-order valence-corrected chi connectivity index (χ4v) is 6.88. The smallest absolute Gasteiger partial charge is 0.316 e. The van der Waals surface area contributed by atoms with E-state index in [0.29, 0.717) is 45.3 Å². The van der Waals surface area contributed by atoms with Crippen LogP contribution in [0.3, 0.4) is 0 Å². The van der Waals surface area contributed by atoms with Crippen LogP contribution < -0.4 is 0 Å². The van der Waals surface area contributed by atoms with Crippen LogP contribution in [0.1, 0.15) is 58.5 Å². The summed E-state index contributed by atoms with van der Waals surface area (Å²) in [6, 6.07) is 15.3. The lowest BCUT2D eigenvalue weighted by Gasteiger charge is -2.18. The normalized spacial score (nSPS) is 12.2. The van der Waals surface area contributed by atoms with Crippen LogP contribution >= 0.6 is 11.8 Å². The molecule has 0 bridgehead atoms. The standard InChI is InChI=1S/C38H32F5NS/c1-8-24-20-31(38(41,42)43)30(18-21(24)4)29-12-11-17-44-32(15-16-33(29)44)27(10-3)26-13-14-28(25(9-2)19-26)34-22(5)23(6)37(45-7)36(40)35(34)39/h2,10-20H,8H2,1,3-7H3. The van der Waals surface area contributed by atoms with Gasteiger partial charge in [0.15, 0.2) is 11.6 Å². The molecule has 2 heterocycles. The Kier molecular flexibility index (Phi) is 8.75. The Morgan fingerprint density at radius 2 is 1.67 bits per heavy atom. The maximum absolute atomic E-state index is 15.4. The van der Waals surface area contributed by atoms with Crippen LogP contribution in [-0.4, -0.2) is 10.7 Å². The first-order valence-electron chi connectivity index (χ1n) is 14.5. The Labute approximate surface area is 264 Å². The molecule has 0 aliphatic heterocycles. The molecule has 0 aliphatic carbocycles. The van der Waals surface area contributed by atoms with E-state index in [4.69, 9.17) is 6.42 Å². The van der Waals surface area contributed by atoms with Crippen LogP contribution in [0.2, 0.25) is 0 Å². The summed E-state index contributed by atoms with van der Waals surface area (Å²) in [5.74, 6) is 0.810. The summed E-state index contributed by atoms with van der Waals surface area (Å²) >= 11 is 1.16. The third-order valence-electron chi connectivity index (χ3n) is 8.56. The zero-order chi connectivity index (χ0) is 32.8. The largest absolute Gasteiger partial charge is 0.417 e. The molecule has 0 spiro atoms. The second kappa shape index (κ2) is 12.3. The maximum atomic E-state index is 15.4. The van der Waals surface area contributed by atoms with Crippen molar-refractivity contribution in [2.75, 3.05) is 6.26 Å². The van der Waals surface area contributed by atoms with E-state index in [0.717, 1.165) is 34.2 Å². The Bertz CT molecular complexity index is 2010. The van der Waals surface area contributed by atoms with E-state index in [1.807, 2.05) is 49.6 Å². The SMILES string of the molecule is C#Cc1cc(C(=CC)c2ccc3c(-c4cc(C)c(CC)cc4C(F)(F)F)cccn23)ccc1-c1c(C)c(C)c(SC)c(F)c1F. The van der Waals surface area contributed by atoms with Gasteiger partial charge in [0.1, 0.15) is 0 Å². The minimum atomic E-state index is -4.52. The number of aryl methyl sites for hydroxylation is 2. The van der Waals surface area contributed by atoms with E-state index >= 15 is 8.78 Å². The van der Waals surface area contributed by atoms with E-state index in [9.17, 15) is 13.2 Å². The van der Waals surface area contributed by atoms with E-state index in [1.54, 1.807) is 56.5 Å². The number of thioether (sulfide) groups is 1. The Hall–Kier alpha value is -4.28. The van der Waals surface area contributed by atoms with Crippen LogP contribution in [0.5, 0.6) is 0 Å². The highest BCUT2D eigenvalue weighted by Gasteiger charge is 2.35. The predicted molar refractivity (Wildman–Crippen MR) is 176 cm³/mol. The van der Waals surface area contributed by atoms with E-state index in [1.165, 1.54) is 6.07 Å². The summed E-state index contributed by atoms with van der Waals surface area (Å²) in [6.07, 6.45) is 7.31. The van der Waals surface area contributed by atoms with Gasteiger partial charge in [0, 0.05) is 38.9 Å². The molecule has 0 saturated carbocycles. The van der Waals surface area contributed by atoms with Crippen LogP contribution in [-0.2, 0) is 12.6 Å². The van der Waals surface area contributed by atoms with Crippen molar-refractivity contribution in [3.8, 4) is 34.6 Å². The van der Waals surface area contributed by atoms with Gasteiger partial charge < -0.3 is 4.40 Å². The molecule has 0 N–H and O–H groups in total. The molecule has 2 aromatic heterocycles. The molecule has 0 unspecified atom stereocenters. The molecule has 5 rings (SSSR count). The van der Waals surface area contributed by atoms with Crippen molar-refractivity contribution in [1.29, 1.82) is 0 Å². The lowest BCUT2D eigenvalue weighted by Crippen LogP contribution is -2.09. The minimum Gasteiger partial charge on any atom is -0.316 e. The van der Waals surface area contributed by atoms with Crippen LogP contribution in [0.25, 0.3) is 33.3 Å². The predicted octanol–water partition coefficient (Wildman–Crippen LogP) is 11.2. The zero-order valence-corrected chi connectivity index (χ0v) is 26.7. The Balaban J connectivity index is 1.66. The first-order chi connectivity index (χ1) is 21.4. The lowest BCUT2D eigenvalue weighted by molar-refractivity contribution is -0.137. The second-order valence-corrected chi connectivity index (χ2v) is 11.8. The highest BCUT2D eigenvalue weighted by atomic mass is 32.2. The van der Waals surface area contributed by atoms with Gasteiger partial charge >= 0.3 is 6.18 Å². The van der Waals surface area contributed by atoms with Crippen molar-refractivity contribution in [2.45, 2.75) is 52.1 Å². The van der Waals surface area contributed by atoms with Crippen molar-refractivity contribution in [3.63, 3.8) is 0 Å². The fraction of sp³-hybridized carbons (Fsp3) is 0.211. The monoisotopic (exact) mass is 629 g/mol. The number of allylic oxidation sites excluding steroid dienone is 1. The van der Waals surface area contributed by atoms with Gasteiger partial charge in [0.05, 0.1) is 16.8 Å². The highest BCUT2D eigenvalue weighted by molar-refractivity contribution is 7.98. The number of pyridine rings is 1. The van der Waals surface area contributed by atoms with Gasteiger partial charge in [-0.2, -0.15) is 13.2 Å². The summed E-state index contributed by atoms with van der Waals surface area (Å²) in [5.41, 5.74) is 6.46. The number of fused-ring (bicyclic) bond motifs is 1. The second-order valence-electron chi connectivity index (χ2n) is 11.0. The van der Waals surface area contributed by atoms with Crippen molar-refractivity contribution in [3.05, 3.63) is 123 Å². The minimum absolute atomic E-state index is 0.126. The van der Waals surface area contributed by atoms with Crippen molar-refractivity contribution < 1.29 is 22.0 Å². The van der Waals surface area contributed by atoms with E-state index in [-0.39, 0.29) is 16.0 Å². The number of rotatable bonds is 6. The topological polar surface area (TPSA) is 4.41 Å². The molecule has 3 aromatic carbocycles. The van der Waals surface area contributed by atoms with E-state index < -0.39 is 23.4 Å². The molecular formula is C38H32F5NS. The summed E-state index contributed by atoms with van der Waals surface area (Å²) < 4.78 is 75.1. The number of aromatic nitrogens is 1. The molecular weight excluding hydrogens is 597 g/mol. The maximum Gasteiger partial charge on any atom is 0.417 e. The van der Waals surface area contributed by atoms with Gasteiger partial charge in [-0.25, -0.2) is 8.78 Å². The molecule has 0 atom stereocenters. The molecule has 0 saturated heterocycles. The highest BCUT2D eigenvalue weighted by Crippen LogP contribution is 2.42. The number of hydrogen-bond donors (Lipinski definition) is 0. The molecule has 230 valence electrons. The third kappa shape index (κ3) is 5.46. The molecule has 0 amide bonds. The van der Waals surface area contributed by atoms with Crippen molar-refractivity contribution in [1.82, 2.24) is 4.40 Å². The lowest BCUT2D eigenvalue weighted by atomic mass is 9.90. The number of alkyl halides is 3. The number of hydrogen-bond acceptors (Lipinski definition) is 1. The van der Waals surface area contributed by atoms with Crippen molar-refractivity contribution >= 4 is 22.9 Å². The van der Waals surface area contributed by atoms with Crippen LogP contribution in [0.15, 0.2) is 71.8 Å². The van der Waals surface area contributed by atoms with Gasteiger partial charge in [-0.3, -0.25) is 0 Å². The molecule has 1 nitrogen and oxygen atoms in total. The number of benzene rings is 3. The average molecular weight is 630 g/mol. The fourth-order valence-electron chi connectivity index (χ4n) is 6.15. The zero-order valence-electron chi connectivity index (χ0n) is 25.9. The third-order valence-corrected chi connectivity index (χ3v) is 9.45. The summed E-state index contributed by atoms with van der Waals surface area (Å²) in [5, 5.41) is 0. The number of halogens is 5. The Morgan fingerprint density at radius 1 is 0.933 bits per heavy atom. The molecule has 0 radical (unpaired) electrons. The van der Waals surface area contributed by atoms with Crippen LogP contribution in [0, 0.1) is 44.7 Å². The molecule has 0 aliphatic rings. The molecule has 7 heteroatoms. The van der Waals surface area contributed by atoms with Gasteiger partial charge in [-0.15, -0.1) is 18.2 Å². The Morgan fingerprint density at radius 3 is 2.29 bits per heavy atom.